The van der Waals surface area contributed by atoms with Gasteiger partial charge in [-0.05, 0) is 56.9 Å². The second kappa shape index (κ2) is 10.2. The van der Waals surface area contributed by atoms with Gasteiger partial charge in [0.15, 0.2) is 0 Å². The van der Waals surface area contributed by atoms with Gasteiger partial charge in [0, 0.05) is 12.6 Å². The number of nitrogens with zero attached hydrogens (tertiary/aromatic N) is 1. The van der Waals surface area contributed by atoms with Crippen molar-refractivity contribution in [3.8, 4) is 11.5 Å². The van der Waals surface area contributed by atoms with Gasteiger partial charge in [-0.3, -0.25) is 0 Å². The molecule has 0 aromatic heterocycles. The topological polar surface area (TPSA) is 84.9 Å². The van der Waals surface area contributed by atoms with E-state index >= 15 is 0 Å². The van der Waals surface area contributed by atoms with Crippen molar-refractivity contribution < 1.29 is 22.7 Å². The highest BCUT2D eigenvalue weighted by Gasteiger charge is 2.37. The van der Waals surface area contributed by atoms with Crippen molar-refractivity contribution in [1.82, 2.24) is 9.62 Å². The van der Waals surface area contributed by atoms with Gasteiger partial charge in [-0.2, -0.15) is 0 Å². The molecule has 2 aromatic carbocycles. The van der Waals surface area contributed by atoms with Crippen LogP contribution in [0.1, 0.15) is 32.3 Å². The van der Waals surface area contributed by atoms with E-state index in [1.54, 1.807) is 18.7 Å². The number of carbonyl (C=O) groups is 1. The van der Waals surface area contributed by atoms with Crippen LogP contribution in [0.2, 0.25) is 0 Å². The molecule has 2 atom stereocenters. The molecular weight excluding hydrogens is 416 g/mol. The molecule has 1 amide bonds. The van der Waals surface area contributed by atoms with E-state index in [9.17, 15) is 13.2 Å². The van der Waals surface area contributed by atoms with Gasteiger partial charge >= 0.3 is 6.09 Å². The van der Waals surface area contributed by atoms with Gasteiger partial charge in [0.05, 0.1) is 18.4 Å². The molecule has 0 aliphatic carbocycles. The van der Waals surface area contributed by atoms with Crippen LogP contribution in [-0.2, 0) is 21.2 Å². The second-order valence-electron chi connectivity index (χ2n) is 8.06. The number of piperidine rings is 1. The Bertz CT molecular complexity index is 978. The Labute approximate surface area is 184 Å². The van der Waals surface area contributed by atoms with Gasteiger partial charge < -0.3 is 14.4 Å². The van der Waals surface area contributed by atoms with Crippen molar-refractivity contribution in [2.75, 3.05) is 12.8 Å². The molecule has 8 heteroatoms. The highest BCUT2D eigenvalue weighted by atomic mass is 32.2. The summed E-state index contributed by atoms with van der Waals surface area (Å²) < 4.78 is 38.2. The molecule has 168 valence electrons. The normalized spacial score (nSPS) is 19.3. The molecule has 0 bridgehead atoms. The maximum Gasteiger partial charge on any atom is 0.410 e. The van der Waals surface area contributed by atoms with Crippen molar-refractivity contribution in [3.05, 3.63) is 60.2 Å². The van der Waals surface area contributed by atoms with E-state index in [0.717, 1.165) is 11.8 Å². The predicted octanol–water partition coefficient (Wildman–Crippen LogP) is 3.95. The monoisotopic (exact) mass is 446 g/mol. The molecule has 1 heterocycles. The standard InChI is InChI=1S/C23H30N2O5S/c1-17(2)29-23(26)25-15-9-13-20(24-31(3,27)28)21(25)16-18-10-7-8-14-22(18)30-19-11-5-4-6-12-19/h4-8,10-12,14,17,20-21,24H,9,13,15-16H2,1-3H3. The lowest BCUT2D eigenvalue weighted by Crippen LogP contribution is -2.58. The van der Waals surface area contributed by atoms with Crippen LogP contribution in [0.15, 0.2) is 54.6 Å². The van der Waals surface area contributed by atoms with Crippen molar-refractivity contribution in [3.63, 3.8) is 0 Å². The summed E-state index contributed by atoms with van der Waals surface area (Å²) >= 11 is 0. The summed E-state index contributed by atoms with van der Waals surface area (Å²) in [6, 6.07) is 16.3. The summed E-state index contributed by atoms with van der Waals surface area (Å²) in [5.41, 5.74) is 0.890. The van der Waals surface area contributed by atoms with Gasteiger partial charge in [0.25, 0.3) is 0 Å². The molecule has 0 saturated carbocycles. The third-order valence-electron chi connectivity index (χ3n) is 5.09. The van der Waals surface area contributed by atoms with Crippen LogP contribution >= 0.6 is 0 Å². The zero-order chi connectivity index (χ0) is 22.4. The highest BCUT2D eigenvalue weighted by molar-refractivity contribution is 7.88. The van der Waals surface area contributed by atoms with Gasteiger partial charge in [0.2, 0.25) is 10.0 Å². The minimum Gasteiger partial charge on any atom is -0.457 e. The smallest absolute Gasteiger partial charge is 0.410 e. The number of nitrogens with one attached hydrogen (secondary N) is 1. The van der Waals surface area contributed by atoms with Crippen LogP contribution in [0.3, 0.4) is 0 Å². The summed E-state index contributed by atoms with van der Waals surface area (Å²) in [6.07, 6.45) is 2.22. The van der Waals surface area contributed by atoms with Crippen LogP contribution in [0.5, 0.6) is 11.5 Å². The predicted molar refractivity (Wildman–Crippen MR) is 120 cm³/mol. The largest absolute Gasteiger partial charge is 0.457 e. The fourth-order valence-corrected chi connectivity index (χ4v) is 4.66. The van der Waals surface area contributed by atoms with Crippen molar-refractivity contribution in [2.45, 2.75) is 51.3 Å². The maximum atomic E-state index is 12.8. The number of amides is 1. The van der Waals surface area contributed by atoms with E-state index in [4.69, 9.17) is 9.47 Å². The molecule has 1 aliphatic rings. The first kappa shape index (κ1) is 23.1. The van der Waals surface area contributed by atoms with Crippen LogP contribution in [0.25, 0.3) is 0 Å². The number of para-hydroxylation sites is 2. The number of carbonyl (C=O) groups excluding carboxylic acids is 1. The molecule has 1 fully saturated rings. The van der Waals surface area contributed by atoms with Gasteiger partial charge in [-0.1, -0.05) is 36.4 Å². The molecule has 2 aromatic rings. The number of sulfonamides is 1. The Morgan fingerprint density at radius 2 is 1.81 bits per heavy atom. The van der Waals surface area contributed by atoms with Crippen molar-refractivity contribution in [2.24, 2.45) is 0 Å². The Kier molecular flexibility index (Phi) is 7.56. The first-order chi connectivity index (χ1) is 14.7. The molecule has 3 rings (SSSR count). The van der Waals surface area contributed by atoms with E-state index < -0.39 is 28.2 Å². The van der Waals surface area contributed by atoms with E-state index in [1.165, 1.54) is 0 Å². The molecule has 7 nitrogen and oxygen atoms in total. The van der Waals surface area contributed by atoms with Crippen LogP contribution in [0.4, 0.5) is 4.79 Å². The summed E-state index contributed by atoms with van der Waals surface area (Å²) in [5.74, 6) is 1.38. The third kappa shape index (κ3) is 6.70. The molecule has 31 heavy (non-hydrogen) atoms. The minimum absolute atomic E-state index is 0.259. The molecule has 1 saturated heterocycles. The fraction of sp³-hybridized carbons (Fsp3) is 0.435. The molecule has 1 N–H and O–H groups in total. The molecular formula is C23H30N2O5S. The van der Waals surface area contributed by atoms with E-state index in [-0.39, 0.29) is 6.10 Å². The highest BCUT2D eigenvalue weighted by Crippen LogP contribution is 2.30. The average Bonchev–Trinajstić information content (AvgIpc) is 2.70. The van der Waals surface area contributed by atoms with Crippen LogP contribution < -0.4 is 9.46 Å². The van der Waals surface area contributed by atoms with E-state index in [2.05, 4.69) is 4.72 Å². The zero-order valence-electron chi connectivity index (χ0n) is 18.2. The van der Waals surface area contributed by atoms with Gasteiger partial charge in [-0.25, -0.2) is 17.9 Å². The molecule has 0 radical (unpaired) electrons. The number of rotatable bonds is 7. The number of benzene rings is 2. The Morgan fingerprint density at radius 3 is 2.48 bits per heavy atom. The number of ether oxygens (including phenoxy) is 2. The van der Waals surface area contributed by atoms with Crippen LogP contribution in [-0.4, -0.2) is 50.4 Å². The van der Waals surface area contributed by atoms with E-state index in [0.29, 0.717) is 37.3 Å². The van der Waals surface area contributed by atoms with Gasteiger partial charge in [-0.15, -0.1) is 0 Å². The summed E-state index contributed by atoms with van der Waals surface area (Å²) in [4.78, 5) is 14.4. The lowest BCUT2D eigenvalue weighted by atomic mass is 9.91. The zero-order valence-corrected chi connectivity index (χ0v) is 19.0. The first-order valence-electron chi connectivity index (χ1n) is 10.5. The first-order valence-corrected chi connectivity index (χ1v) is 12.4. The summed E-state index contributed by atoms with van der Waals surface area (Å²) in [5, 5.41) is 0. The number of hydrogen-bond acceptors (Lipinski definition) is 5. The number of likely N-dealkylation sites (tertiary alicyclic amines) is 1. The van der Waals surface area contributed by atoms with Crippen molar-refractivity contribution >= 4 is 16.1 Å². The lowest BCUT2D eigenvalue weighted by molar-refractivity contribution is 0.0460. The summed E-state index contributed by atoms with van der Waals surface area (Å²) in [6.45, 7) is 4.11. The Balaban J connectivity index is 1.90. The minimum atomic E-state index is -3.44. The average molecular weight is 447 g/mol. The molecule has 2 unspecified atom stereocenters. The van der Waals surface area contributed by atoms with E-state index in [1.807, 2.05) is 54.6 Å². The molecule has 1 aliphatic heterocycles. The van der Waals surface area contributed by atoms with Crippen molar-refractivity contribution in [1.29, 1.82) is 0 Å². The number of hydrogen-bond donors (Lipinski definition) is 1. The Hall–Kier alpha value is -2.58. The van der Waals surface area contributed by atoms with Gasteiger partial charge in [0.1, 0.15) is 11.5 Å². The SMILES string of the molecule is CC(C)OC(=O)N1CCCC(NS(C)(=O)=O)C1Cc1ccccc1Oc1ccccc1. The quantitative estimate of drug-likeness (QED) is 0.696. The fourth-order valence-electron chi connectivity index (χ4n) is 3.83. The molecule has 0 spiro atoms. The van der Waals surface area contributed by atoms with Crippen LogP contribution in [0, 0.1) is 0 Å². The maximum absolute atomic E-state index is 12.8. The third-order valence-corrected chi connectivity index (χ3v) is 5.82. The second-order valence-corrected chi connectivity index (χ2v) is 9.84. The Morgan fingerprint density at radius 1 is 1.13 bits per heavy atom. The summed E-state index contributed by atoms with van der Waals surface area (Å²) in [7, 11) is -3.44. The lowest BCUT2D eigenvalue weighted by Gasteiger charge is -2.41.